The summed E-state index contributed by atoms with van der Waals surface area (Å²) in [5.41, 5.74) is 1.76. The van der Waals surface area contributed by atoms with Crippen molar-refractivity contribution in [1.29, 1.82) is 0 Å². The van der Waals surface area contributed by atoms with Crippen LogP contribution in [-0.2, 0) is 17.9 Å². The first-order valence-electron chi connectivity index (χ1n) is 16.3. The van der Waals surface area contributed by atoms with Gasteiger partial charge in [0.2, 0.25) is 11.9 Å². The van der Waals surface area contributed by atoms with Gasteiger partial charge in [0.25, 0.3) is 0 Å². The van der Waals surface area contributed by atoms with Crippen molar-refractivity contribution < 1.29 is 4.79 Å². The first-order valence-corrected chi connectivity index (χ1v) is 16.3. The number of rotatable bonds is 18. The van der Waals surface area contributed by atoms with Gasteiger partial charge in [-0.15, -0.1) is 5.10 Å². The Bertz CT molecular complexity index is 1050. The third-order valence-corrected chi connectivity index (χ3v) is 8.14. The molecule has 5 N–H and O–H groups in total. The molecule has 2 fully saturated rings. The molecule has 12 nitrogen and oxygen atoms in total. The van der Waals surface area contributed by atoms with Crippen LogP contribution in [0.25, 0.3) is 0 Å². The van der Waals surface area contributed by atoms with Crippen molar-refractivity contribution in [2.45, 2.75) is 103 Å². The van der Waals surface area contributed by atoms with Crippen LogP contribution in [0.1, 0.15) is 82.5 Å². The molecular formula is C30H53N11O. The summed E-state index contributed by atoms with van der Waals surface area (Å²) in [7, 11) is 0. The Morgan fingerprint density at radius 2 is 1.76 bits per heavy atom. The van der Waals surface area contributed by atoms with Crippen LogP contribution in [0.2, 0.25) is 0 Å². The minimum Gasteiger partial charge on any atom is -0.367 e. The zero-order valence-electron chi connectivity index (χ0n) is 25.8. The summed E-state index contributed by atoms with van der Waals surface area (Å²) in [6, 6.07) is 3.01. The van der Waals surface area contributed by atoms with Crippen LogP contribution in [0.15, 0.2) is 12.3 Å². The Balaban J connectivity index is 1.09. The Morgan fingerprint density at radius 3 is 2.57 bits per heavy atom. The average molecular weight is 584 g/mol. The fraction of sp³-hybridized carbons (Fsp3) is 0.767. The van der Waals surface area contributed by atoms with Crippen molar-refractivity contribution in [3.63, 3.8) is 0 Å². The van der Waals surface area contributed by atoms with Gasteiger partial charge in [-0.3, -0.25) is 9.48 Å². The van der Waals surface area contributed by atoms with Gasteiger partial charge in [0.1, 0.15) is 11.5 Å². The van der Waals surface area contributed by atoms with Crippen molar-refractivity contribution in [1.82, 2.24) is 45.8 Å². The molecule has 1 saturated heterocycles. The Labute approximate surface area is 251 Å². The Kier molecular flexibility index (Phi) is 13.7. The molecule has 1 aliphatic heterocycles. The van der Waals surface area contributed by atoms with Crippen molar-refractivity contribution >= 4 is 17.7 Å². The van der Waals surface area contributed by atoms with E-state index in [0.717, 1.165) is 94.9 Å². The number of piperidine rings is 1. The van der Waals surface area contributed by atoms with Crippen LogP contribution in [0.4, 0.5) is 11.8 Å². The molecule has 1 aliphatic carbocycles. The molecule has 0 atom stereocenters. The van der Waals surface area contributed by atoms with E-state index in [1.54, 1.807) is 0 Å². The van der Waals surface area contributed by atoms with Gasteiger partial charge >= 0.3 is 0 Å². The molecule has 0 bridgehead atoms. The minimum absolute atomic E-state index is 0.236. The quantitative estimate of drug-likeness (QED) is 0.167. The topological polar surface area (TPSA) is 137 Å². The van der Waals surface area contributed by atoms with Gasteiger partial charge in [0, 0.05) is 56.4 Å². The van der Waals surface area contributed by atoms with Crippen LogP contribution in [-0.4, -0.2) is 93.7 Å². The molecule has 0 aromatic carbocycles. The van der Waals surface area contributed by atoms with Gasteiger partial charge in [-0.2, -0.15) is 4.98 Å². The van der Waals surface area contributed by atoms with E-state index in [1.165, 1.54) is 38.5 Å². The number of hydrogen-bond donors (Lipinski definition) is 5. The van der Waals surface area contributed by atoms with E-state index in [-0.39, 0.29) is 11.9 Å². The van der Waals surface area contributed by atoms with Gasteiger partial charge in [-0.1, -0.05) is 31.4 Å². The third kappa shape index (κ3) is 11.4. The van der Waals surface area contributed by atoms with Crippen molar-refractivity contribution in [3.8, 4) is 0 Å². The van der Waals surface area contributed by atoms with Crippen molar-refractivity contribution in [3.05, 3.63) is 23.7 Å². The van der Waals surface area contributed by atoms with E-state index in [4.69, 9.17) is 0 Å². The summed E-state index contributed by atoms with van der Waals surface area (Å²) in [6.45, 7) is 11.7. The predicted molar refractivity (Wildman–Crippen MR) is 167 cm³/mol. The SMILES string of the molecule is CCNCCC(=O)N1CCC(Nc2cc(C)nc(NCc3cn(CCCNCCCNC4CCCCC4)nn3)n2)CC1. The number of carbonyl (C=O) groups is 1. The lowest BCUT2D eigenvalue weighted by Crippen LogP contribution is -2.43. The number of carbonyl (C=O) groups excluding carboxylic acids is 1. The predicted octanol–water partition coefficient (Wildman–Crippen LogP) is 2.68. The van der Waals surface area contributed by atoms with Crippen LogP contribution >= 0.6 is 0 Å². The Morgan fingerprint density at radius 1 is 0.952 bits per heavy atom. The molecule has 1 amide bonds. The minimum atomic E-state index is 0.236. The second-order valence-corrected chi connectivity index (χ2v) is 11.7. The number of hydrogen-bond acceptors (Lipinski definition) is 10. The zero-order chi connectivity index (χ0) is 29.4. The van der Waals surface area contributed by atoms with Gasteiger partial charge in [-0.05, 0) is 71.6 Å². The molecule has 2 aromatic rings. The molecule has 0 radical (unpaired) electrons. The van der Waals surface area contributed by atoms with Gasteiger partial charge in [0.15, 0.2) is 0 Å². The number of aromatic nitrogens is 5. The third-order valence-electron chi connectivity index (χ3n) is 8.14. The molecule has 234 valence electrons. The highest BCUT2D eigenvalue weighted by atomic mass is 16.2. The zero-order valence-corrected chi connectivity index (χ0v) is 25.8. The summed E-state index contributed by atoms with van der Waals surface area (Å²) >= 11 is 0. The summed E-state index contributed by atoms with van der Waals surface area (Å²) in [4.78, 5) is 23.6. The molecular weight excluding hydrogens is 530 g/mol. The second-order valence-electron chi connectivity index (χ2n) is 11.7. The first-order chi connectivity index (χ1) is 20.6. The van der Waals surface area contributed by atoms with Crippen LogP contribution in [0, 0.1) is 6.92 Å². The number of nitrogens with zero attached hydrogens (tertiary/aromatic N) is 6. The fourth-order valence-electron chi connectivity index (χ4n) is 5.75. The van der Waals surface area contributed by atoms with Crippen LogP contribution in [0.5, 0.6) is 0 Å². The number of aryl methyl sites for hydroxylation is 2. The summed E-state index contributed by atoms with van der Waals surface area (Å²) in [5.74, 6) is 1.62. The summed E-state index contributed by atoms with van der Waals surface area (Å²) in [5, 5.41) is 25.9. The highest BCUT2D eigenvalue weighted by molar-refractivity contribution is 5.76. The highest BCUT2D eigenvalue weighted by Crippen LogP contribution is 2.18. The standard InChI is InChI=1S/C30H53N11O/c1-3-31-17-11-29(42)40-19-12-26(13-20-40)36-28-21-24(2)35-30(37-28)34-22-27-23-41(39-38-27)18-8-15-32-14-7-16-33-25-9-5-4-6-10-25/h21,23,25-26,31-33H,3-20,22H2,1-2H3,(H2,34,35,36,37). The van der Waals surface area contributed by atoms with E-state index in [9.17, 15) is 4.79 Å². The molecule has 2 aliphatic rings. The smallest absolute Gasteiger partial charge is 0.225 e. The van der Waals surface area contributed by atoms with E-state index in [0.29, 0.717) is 18.9 Å². The fourth-order valence-corrected chi connectivity index (χ4v) is 5.75. The maximum absolute atomic E-state index is 12.4. The lowest BCUT2D eigenvalue weighted by Gasteiger charge is -2.32. The number of nitrogens with one attached hydrogen (secondary N) is 5. The van der Waals surface area contributed by atoms with Gasteiger partial charge in [0.05, 0.1) is 12.7 Å². The summed E-state index contributed by atoms with van der Waals surface area (Å²) < 4.78 is 1.91. The first kappa shape index (κ1) is 32.1. The van der Waals surface area contributed by atoms with E-state index < -0.39 is 0 Å². The van der Waals surface area contributed by atoms with E-state index in [1.807, 2.05) is 28.8 Å². The summed E-state index contributed by atoms with van der Waals surface area (Å²) in [6.07, 6.45) is 13.4. The van der Waals surface area contributed by atoms with Gasteiger partial charge in [-0.25, -0.2) is 4.98 Å². The molecule has 12 heteroatoms. The van der Waals surface area contributed by atoms with E-state index in [2.05, 4.69) is 53.8 Å². The molecule has 3 heterocycles. The van der Waals surface area contributed by atoms with Crippen LogP contribution in [0.3, 0.4) is 0 Å². The van der Waals surface area contributed by atoms with E-state index >= 15 is 0 Å². The lowest BCUT2D eigenvalue weighted by molar-refractivity contribution is -0.132. The largest absolute Gasteiger partial charge is 0.367 e. The number of anilines is 2. The molecule has 0 spiro atoms. The molecule has 1 saturated carbocycles. The van der Waals surface area contributed by atoms with Gasteiger partial charge < -0.3 is 31.5 Å². The van der Waals surface area contributed by atoms with Crippen molar-refractivity contribution in [2.24, 2.45) is 0 Å². The molecule has 42 heavy (non-hydrogen) atoms. The second kappa shape index (κ2) is 18.0. The maximum atomic E-state index is 12.4. The average Bonchev–Trinajstić information content (AvgIpc) is 3.46. The number of amides is 1. The highest BCUT2D eigenvalue weighted by Gasteiger charge is 2.23. The molecule has 0 unspecified atom stereocenters. The lowest BCUT2D eigenvalue weighted by atomic mass is 9.95. The molecule has 4 rings (SSSR count). The maximum Gasteiger partial charge on any atom is 0.225 e. The monoisotopic (exact) mass is 583 g/mol. The molecule has 2 aromatic heterocycles. The van der Waals surface area contributed by atoms with Crippen molar-refractivity contribution in [2.75, 3.05) is 56.4 Å². The normalized spacial score (nSPS) is 16.6. The Hall–Kier alpha value is -2.83. The number of likely N-dealkylation sites (tertiary alicyclic amines) is 1. The van der Waals surface area contributed by atoms with Crippen LogP contribution < -0.4 is 26.6 Å².